The average Bonchev–Trinajstić information content (AvgIpc) is 2.84. The highest BCUT2D eigenvalue weighted by Gasteiger charge is 2.14. The molecule has 3 aromatic rings. The summed E-state index contributed by atoms with van der Waals surface area (Å²) in [6, 6.07) is 16.1. The van der Waals surface area contributed by atoms with Gasteiger partial charge in [0.05, 0.1) is 24.8 Å². The molecule has 0 radical (unpaired) electrons. The molecule has 0 saturated carbocycles. The Bertz CT molecular complexity index is 1200. The van der Waals surface area contributed by atoms with Crippen molar-refractivity contribution in [1.29, 1.82) is 0 Å². The van der Waals surface area contributed by atoms with Gasteiger partial charge in [0.15, 0.2) is 23.0 Å². The number of nitrogens with one attached hydrogen (secondary N) is 1. The van der Waals surface area contributed by atoms with Gasteiger partial charge in [-0.05, 0) is 53.1 Å². The number of fused-ring (bicyclic) bond motifs is 1. The fraction of sp³-hybridized carbons (Fsp3) is 0.200. The van der Waals surface area contributed by atoms with Gasteiger partial charge < -0.3 is 18.9 Å². The van der Waals surface area contributed by atoms with E-state index in [1.54, 1.807) is 36.4 Å². The van der Waals surface area contributed by atoms with Gasteiger partial charge in [-0.25, -0.2) is 5.43 Å². The van der Waals surface area contributed by atoms with E-state index in [0.29, 0.717) is 58.4 Å². The number of rotatable bonds is 8. The summed E-state index contributed by atoms with van der Waals surface area (Å²) >= 11 is 12.3. The molecule has 1 aliphatic heterocycles. The Labute approximate surface area is 207 Å². The standard InChI is InChI=1S/C25H22Cl2N2O5/c1-31-23-12-18(10-20(27)25(23)34-15-16-2-5-19(26)6-3-16)14-28-29-24(30)13-17-4-7-21-22(11-17)33-9-8-32-21/h2-7,10-12,14H,8-9,13,15H2,1H3,(H,29,30)/b28-14+. The van der Waals surface area contributed by atoms with E-state index in [2.05, 4.69) is 10.5 Å². The molecular formula is C25H22Cl2N2O5. The number of hydrogen-bond donors (Lipinski definition) is 1. The van der Waals surface area contributed by atoms with E-state index in [4.69, 9.17) is 42.1 Å². The minimum absolute atomic E-state index is 0.148. The van der Waals surface area contributed by atoms with Crippen molar-refractivity contribution in [1.82, 2.24) is 5.43 Å². The van der Waals surface area contributed by atoms with Crippen LogP contribution in [0.25, 0.3) is 0 Å². The fourth-order valence-corrected chi connectivity index (χ4v) is 3.69. The normalized spacial score (nSPS) is 12.4. The Kier molecular flexibility index (Phi) is 7.77. The molecule has 0 atom stereocenters. The fourth-order valence-electron chi connectivity index (χ4n) is 3.29. The van der Waals surface area contributed by atoms with Gasteiger partial charge in [-0.15, -0.1) is 0 Å². The van der Waals surface area contributed by atoms with Crippen molar-refractivity contribution in [2.45, 2.75) is 13.0 Å². The van der Waals surface area contributed by atoms with Gasteiger partial charge in [0.1, 0.15) is 19.8 Å². The molecule has 4 rings (SSSR count). The van der Waals surface area contributed by atoms with Crippen LogP contribution in [0.15, 0.2) is 59.7 Å². The van der Waals surface area contributed by atoms with Gasteiger partial charge in [-0.3, -0.25) is 4.79 Å². The molecule has 7 nitrogen and oxygen atoms in total. The molecule has 0 spiro atoms. The number of benzene rings is 3. The van der Waals surface area contributed by atoms with Crippen LogP contribution in [0, 0.1) is 0 Å². The summed E-state index contributed by atoms with van der Waals surface area (Å²) < 4.78 is 22.3. The SMILES string of the molecule is COc1cc(/C=N/NC(=O)Cc2ccc3c(c2)OCCO3)cc(Cl)c1OCc1ccc(Cl)cc1. The Hall–Kier alpha value is -3.42. The van der Waals surface area contributed by atoms with Crippen molar-refractivity contribution >= 4 is 35.3 Å². The smallest absolute Gasteiger partial charge is 0.244 e. The van der Waals surface area contributed by atoms with Crippen molar-refractivity contribution in [3.63, 3.8) is 0 Å². The third-order valence-electron chi connectivity index (χ3n) is 4.92. The van der Waals surface area contributed by atoms with Crippen LogP contribution < -0.4 is 24.4 Å². The molecule has 176 valence electrons. The van der Waals surface area contributed by atoms with E-state index in [9.17, 15) is 4.79 Å². The number of halogens is 2. The van der Waals surface area contributed by atoms with Crippen LogP contribution in [0.2, 0.25) is 10.0 Å². The minimum atomic E-state index is -0.270. The summed E-state index contributed by atoms with van der Waals surface area (Å²) in [7, 11) is 1.52. The summed E-state index contributed by atoms with van der Waals surface area (Å²) in [5, 5.41) is 5.04. The lowest BCUT2D eigenvalue weighted by Gasteiger charge is -2.18. The first-order valence-electron chi connectivity index (χ1n) is 10.5. The molecule has 34 heavy (non-hydrogen) atoms. The Morgan fingerprint density at radius 2 is 1.76 bits per heavy atom. The molecule has 1 amide bonds. The molecule has 9 heteroatoms. The van der Waals surface area contributed by atoms with E-state index < -0.39 is 0 Å². The second-order valence-corrected chi connectivity index (χ2v) is 8.24. The molecule has 0 unspecified atom stereocenters. The third-order valence-corrected chi connectivity index (χ3v) is 5.46. The van der Waals surface area contributed by atoms with Crippen molar-refractivity contribution in [2.24, 2.45) is 5.10 Å². The van der Waals surface area contributed by atoms with Crippen LogP contribution in [-0.4, -0.2) is 32.4 Å². The number of carbonyl (C=O) groups excluding carboxylic acids is 1. The van der Waals surface area contributed by atoms with E-state index >= 15 is 0 Å². The third kappa shape index (κ3) is 6.12. The van der Waals surface area contributed by atoms with E-state index in [0.717, 1.165) is 11.1 Å². The first-order chi connectivity index (χ1) is 16.5. The lowest BCUT2D eigenvalue weighted by atomic mass is 10.1. The molecule has 0 aromatic heterocycles. The highest BCUT2D eigenvalue weighted by atomic mass is 35.5. The largest absolute Gasteiger partial charge is 0.493 e. The summed E-state index contributed by atoms with van der Waals surface area (Å²) in [5.74, 6) is 1.92. The molecule has 0 aliphatic carbocycles. The molecule has 0 fully saturated rings. The second kappa shape index (κ2) is 11.1. The topological polar surface area (TPSA) is 78.4 Å². The van der Waals surface area contributed by atoms with Crippen LogP contribution in [0.1, 0.15) is 16.7 Å². The zero-order valence-corrected chi connectivity index (χ0v) is 19.9. The van der Waals surface area contributed by atoms with Gasteiger partial charge in [0, 0.05) is 5.02 Å². The maximum atomic E-state index is 12.3. The number of hydrazone groups is 1. The van der Waals surface area contributed by atoms with Crippen LogP contribution in [0.5, 0.6) is 23.0 Å². The second-order valence-electron chi connectivity index (χ2n) is 7.40. The lowest BCUT2D eigenvalue weighted by Crippen LogP contribution is -2.20. The van der Waals surface area contributed by atoms with Gasteiger partial charge in [0.2, 0.25) is 5.91 Å². The molecule has 1 heterocycles. The molecular weight excluding hydrogens is 479 g/mol. The number of amides is 1. The number of carbonyl (C=O) groups is 1. The van der Waals surface area contributed by atoms with Crippen molar-refractivity contribution < 1.29 is 23.7 Å². The summed E-state index contributed by atoms with van der Waals surface area (Å²) in [5.41, 5.74) is 4.89. The van der Waals surface area contributed by atoms with Gasteiger partial charge >= 0.3 is 0 Å². The zero-order valence-electron chi connectivity index (χ0n) is 18.3. The van der Waals surface area contributed by atoms with Gasteiger partial charge in [-0.1, -0.05) is 41.4 Å². The predicted molar refractivity (Wildman–Crippen MR) is 131 cm³/mol. The van der Waals surface area contributed by atoms with E-state index in [1.807, 2.05) is 18.2 Å². The quantitative estimate of drug-likeness (QED) is 0.346. The number of nitrogens with zero attached hydrogens (tertiary/aromatic N) is 1. The Morgan fingerprint density at radius 1 is 1.03 bits per heavy atom. The monoisotopic (exact) mass is 500 g/mol. The maximum absolute atomic E-state index is 12.3. The molecule has 3 aromatic carbocycles. The predicted octanol–water partition coefficient (Wildman–Crippen LogP) is 5.05. The number of hydrogen-bond acceptors (Lipinski definition) is 6. The maximum Gasteiger partial charge on any atom is 0.244 e. The van der Waals surface area contributed by atoms with Crippen molar-refractivity contribution in [2.75, 3.05) is 20.3 Å². The van der Waals surface area contributed by atoms with Crippen LogP contribution >= 0.6 is 23.2 Å². The highest BCUT2D eigenvalue weighted by molar-refractivity contribution is 6.32. The number of ether oxygens (including phenoxy) is 4. The first kappa shape index (κ1) is 23.7. The van der Waals surface area contributed by atoms with Gasteiger partial charge in [-0.2, -0.15) is 5.10 Å². The number of methoxy groups -OCH3 is 1. The van der Waals surface area contributed by atoms with Crippen LogP contribution in [0.3, 0.4) is 0 Å². The van der Waals surface area contributed by atoms with Crippen LogP contribution in [0.4, 0.5) is 0 Å². The summed E-state index contributed by atoms with van der Waals surface area (Å²) in [6.07, 6.45) is 1.63. The Morgan fingerprint density at radius 3 is 2.53 bits per heavy atom. The highest BCUT2D eigenvalue weighted by Crippen LogP contribution is 2.36. The zero-order chi connectivity index (χ0) is 23.9. The van der Waals surface area contributed by atoms with Crippen molar-refractivity contribution in [3.8, 4) is 23.0 Å². The van der Waals surface area contributed by atoms with E-state index in [-0.39, 0.29) is 12.3 Å². The molecule has 1 N–H and O–H groups in total. The molecule has 0 saturated heterocycles. The minimum Gasteiger partial charge on any atom is -0.493 e. The van der Waals surface area contributed by atoms with E-state index in [1.165, 1.54) is 13.3 Å². The molecule has 1 aliphatic rings. The average molecular weight is 501 g/mol. The lowest BCUT2D eigenvalue weighted by molar-refractivity contribution is -0.120. The molecule has 0 bridgehead atoms. The summed E-state index contributed by atoms with van der Waals surface area (Å²) in [4.78, 5) is 12.3. The first-order valence-corrected chi connectivity index (χ1v) is 11.2. The van der Waals surface area contributed by atoms with Crippen LogP contribution in [-0.2, 0) is 17.8 Å². The Balaban J connectivity index is 1.36. The van der Waals surface area contributed by atoms with Gasteiger partial charge in [0.25, 0.3) is 0 Å². The summed E-state index contributed by atoms with van der Waals surface area (Å²) in [6.45, 7) is 1.31. The van der Waals surface area contributed by atoms with Crippen molar-refractivity contribution in [3.05, 3.63) is 81.3 Å².